The molecule has 0 heterocycles. The second-order valence-electron chi connectivity index (χ2n) is 4.07. The molecule has 0 radical (unpaired) electrons. The van der Waals surface area contributed by atoms with E-state index < -0.39 is 14.1 Å². The molecular formula is C15H48ClO19P. The van der Waals surface area contributed by atoms with E-state index in [0.717, 1.165) is 0 Å². The molecule has 0 rings (SSSR count). The minimum Gasteiger partial charge on any atom is -0.394 e. The molecule has 0 aliphatic rings. The van der Waals surface area contributed by atoms with Crippen LogP contribution in [0.5, 0.6) is 0 Å². The molecule has 19 nitrogen and oxygen atoms in total. The Morgan fingerprint density at radius 2 is 0.611 bits per heavy atom. The van der Waals surface area contributed by atoms with E-state index in [-0.39, 0.29) is 98.3 Å². The fourth-order valence-electron chi connectivity index (χ4n) is 0.0745. The van der Waals surface area contributed by atoms with Gasteiger partial charge >= 0.3 is 7.82 Å². The Bertz CT molecular complexity index is 236. The lowest BCUT2D eigenvalue weighted by Crippen LogP contribution is -2.12. The van der Waals surface area contributed by atoms with Gasteiger partial charge in [-0.05, 0) is 0 Å². The number of halogens is 1. The first-order valence-electron chi connectivity index (χ1n) is 9.20. The topological polar surface area (TPSA) is 370 Å². The molecule has 0 fully saturated rings. The molecule has 21 heteroatoms. The summed E-state index contributed by atoms with van der Waals surface area (Å²) in [7, 11) is -3.32. The molecule has 36 heavy (non-hydrogen) atoms. The van der Waals surface area contributed by atoms with Crippen LogP contribution in [0.25, 0.3) is 0 Å². The largest absolute Gasteiger partial charge is 0.466 e. The van der Waals surface area contributed by atoms with Gasteiger partial charge in [0, 0.05) is 7.11 Å². The van der Waals surface area contributed by atoms with Gasteiger partial charge in [-0.25, -0.2) is 4.57 Å². The molecule has 0 spiro atoms. The van der Waals surface area contributed by atoms with E-state index in [2.05, 4.69) is 4.74 Å². The summed E-state index contributed by atoms with van der Waals surface area (Å²) in [5, 5.41) is 108. The minimum absolute atomic E-state index is 0. The van der Waals surface area contributed by atoms with Crippen molar-refractivity contribution in [1.82, 2.24) is 0 Å². The molecule has 0 saturated heterocycles. The van der Waals surface area contributed by atoms with Gasteiger partial charge in [-0.2, -0.15) is 0 Å². The maximum atomic E-state index is 8.88. The van der Waals surface area contributed by atoms with Crippen LogP contribution in [0, 0.1) is 0 Å². The van der Waals surface area contributed by atoms with Crippen molar-refractivity contribution in [2.24, 2.45) is 0 Å². The molecule has 0 bridgehead atoms. The summed E-state index contributed by atoms with van der Waals surface area (Å²) >= 11 is 0. The zero-order valence-electron chi connectivity index (χ0n) is 20.0. The van der Waals surface area contributed by atoms with Crippen molar-refractivity contribution < 1.29 is 95.5 Å². The summed E-state index contributed by atoms with van der Waals surface area (Å²) in [5.41, 5.74) is 0. The molecule has 1 unspecified atom stereocenters. The van der Waals surface area contributed by atoms with Gasteiger partial charge in [-0.15, -0.1) is 12.4 Å². The highest BCUT2D eigenvalue weighted by atomic mass is 35.5. The van der Waals surface area contributed by atoms with Gasteiger partial charge in [0.05, 0.1) is 85.9 Å². The molecule has 17 N–H and O–H groups in total. The molecule has 0 amide bonds. The number of aliphatic hydroxyl groups excluding tert-OH is 14. The van der Waals surface area contributed by atoms with E-state index in [1.54, 1.807) is 0 Å². The second-order valence-corrected chi connectivity index (χ2v) is 5.10. The zero-order valence-corrected chi connectivity index (χ0v) is 21.8. The summed E-state index contributed by atoms with van der Waals surface area (Å²) in [6.07, 6.45) is -1.01. The van der Waals surface area contributed by atoms with Gasteiger partial charge in [0.2, 0.25) is 0 Å². The van der Waals surface area contributed by atoms with Crippen LogP contribution in [-0.2, 0) is 9.30 Å². The van der Waals surface area contributed by atoms with Gasteiger partial charge in [-0.1, -0.05) is 0 Å². The standard InChI is InChI=1S/C3H8O3.6C2H6O2.ClH.H3O4P/c1-6-3(5)2-4;6*3-1-2-4;;1-5(2,3)4/h3-5H,2H2,1H3;6*3-4H,1-2H2;1H;(H3,1,2,3,4). The predicted molar refractivity (Wildman–Crippen MR) is 127 cm³/mol. The van der Waals surface area contributed by atoms with Crippen LogP contribution in [0.15, 0.2) is 0 Å². The third-order valence-electron chi connectivity index (χ3n) is 1.03. The van der Waals surface area contributed by atoms with Crippen LogP contribution in [0.3, 0.4) is 0 Å². The first kappa shape index (κ1) is 60.4. The SMILES string of the molecule is COC(O)CO.Cl.O=P(O)(O)O.OCCO.OCCO.OCCO.OCCO.OCCO.OCCO. The van der Waals surface area contributed by atoms with E-state index in [0.29, 0.717) is 0 Å². The Balaban J connectivity index is -0.0000000331. The highest BCUT2D eigenvalue weighted by molar-refractivity contribution is 7.45. The van der Waals surface area contributed by atoms with E-state index in [1.807, 2.05) is 0 Å². The maximum Gasteiger partial charge on any atom is 0.466 e. The van der Waals surface area contributed by atoms with Gasteiger partial charge in [0.15, 0.2) is 6.29 Å². The van der Waals surface area contributed by atoms with E-state index in [9.17, 15) is 0 Å². The normalized spacial score (nSPS) is 9.06. The quantitative estimate of drug-likeness (QED) is 0.0909. The Hall–Kier alpha value is -0.200. The minimum atomic E-state index is -4.64. The van der Waals surface area contributed by atoms with Crippen molar-refractivity contribution >= 4 is 20.2 Å². The number of methoxy groups -OCH3 is 1. The molecule has 0 aromatic heterocycles. The number of rotatable bonds is 8. The van der Waals surface area contributed by atoms with E-state index in [1.165, 1.54) is 7.11 Å². The van der Waals surface area contributed by atoms with Crippen molar-refractivity contribution in [2.75, 3.05) is 93.0 Å². The number of hydrogen-bond donors (Lipinski definition) is 17. The van der Waals surface area contributed by atoms with Crippen molar-refractivity contribution in [3.8, 4) is 0 Å². The molecule has 1 atom stereocenters. The van der Waals surface area contributed by atoms with Crippen LogP contribution in [-0.4, -0.2) is 185 Å². The smallest absolute Gasteiger partial charge is 0.394 e. The second kappa shape index (κ2) is 76.5. The Labute approximate surface area is 215 Å². The molecule has 0 aromatic rings. The third-order valence-corrected chi connectivity index (χ3v) is 1.03. The van der Waals surface area contributed by atoms with Crippen molar-refractivity contribution in [2.45, 2.75) is 6.29 Å². The highest BCUT2D eigenvalue weighted by Crippen LogP contribution is 2.25. The Kier molecular flexibility index (Phi) is 128. The average Bonchev–Trinajstić information content (AvgIpc) is 2.87. The van der Waals surface area contributed by atoms with Crippen LogP contribution in [0.4, 0.5) is 0 Å². The van der Waals surface area contributed by atoms with Gasteiger partial charge in [-0.3, -0.25) is 0 Å². The summed E-state index contributed by atoms with van der Waals surface area (Å²) in [4.78, 5) is 21.6. The van der Waals surface area contributed by atoms with Gasteiger partial charge in [0.25, 0.3) is 0 Å². The van der Waals surface area contributed by atoms with Gasteiger partial charge in [0.1, 0.15) is 0 Å². The molecule has 234 valence electrons. The fraction of sp³-hybridized carbons (Fsp3) is 1.00. The van der Waals surface area contributed by atoms with E-state index >= 15 is 0 Å². The molecule has 0 saturated carbocycles. The van der Waals surface area contributed by atoms with Crippen molar-refractivity contribution in [3.63, 3.8) is 0 Å². The predicted octanol–water partition coefficient (Wildman–Crippen LogP) is -7.74. The lowest BCUT2D eigenvalue weighted by molar-refractivity contribution is -0.102. The van der Waals surface area contributed by atoms with Crippen molar-refractivity contribution in [3.05, 3.63) is 0 Å². The van der Waals surface area contributed by atoms with Crippen LogP contribution in [0.1, 0.15) is 0 Å². The average molecular weight is 599 g/mol. The fourth-order valence-corrected chi connectivity index (χ4v) is 0.0745. The third kappa shape index (κ3) is 379. The monoisotopic (exact) mass is 598 g/mol. The zero-order chi connectivity index (χ0) is 30.0. The number of hydrogen-bond acceptors (Lipinski definition) is 16. The molecule has 0 aliphatic carbocycles. The number of ether oxygens (including phenoxy) is 1. The van der Waals surface area contributed by atoms with Crippen molar-refractivity contribution in [1.29, 1.82) is 0 Å². The van der Waals surface area contributed by atoms with Crippen LogP contribution < -0.4 is 0 Å². The Morgan fingerprint density at radius 3 is 0.611 bits per heavy atom. The highest BCUT2D eigenvalue weighted by Gasteiger charge is 2.00. The van der Waals surface area contributed by atoms with Crippen LogP contribution in [0.2, 0.25) is 0 Å². The number of aliphatic hydroxyl groups is 14. The lowest BCUT2D eigenvalue weighted by atomic mass is 10.7. The molecule has 0 aromatic carbocycles. The van der Waals surface area contributed by atoms with E-state index in [4.69, 9.17) is 90.7 Å². The lowest BCUT2D eigenvalue weighted by Gasteiger charge is -1.99. The Morgan fingerprint density at radius 1 is 0.500 bits per heavy atom. The first-order chi connectivity index (χ1) is 16.3. The maximum absolute atomic E-state index is 8.88. The summed E-state index contributed by atoms with van der Waals surface area (Å²) in [6, 6.07) is 0. The summed E-state index contributed by atoms with van der Waals surface area (Å²) in [5.74, 6) is 0. The van der Waals surface area contributed by atoms with Gasteiger partial charge < -0.3 is 90.9 Å². The molecule has 0 aliphatic heterocycles. The molecular weight excluding hydrogens is 551 g/mol. The summed E-state index contributed by atoms with van der Waals surface area (Å²) < 4.78 is 13.1. The number of phosphoric acid groups is 1. The first-order valence-corrected chi connectivity index (χ1v) is 10.8. The summed E-state index contributed by atoms with van der Waals surface area (Å²) in [6.45, 7) is -1.84. The van der Waals surface area contributed by atoms with Crippen LogP contribution >= 0.6 is 20.2 Å².